The standard InChI is InChI=1S/C9H14NS.Y/c1-6(2)8-5-11-9(10-8)7(3)4;/h6-7H,1-4H3;/q-1;. The summed E-state index contributed by atoms with van der Waals surface area (Å²) >= 11 is 1.65. The molecule has 0 aliphatic carbocycles. The van der Waals surface area contributed by atoms with Gasteiger partial charge in [0.15, 0.2) is 0 Å². The minimum absolute atomic E-state index is 0. The Bertz CT molecular complexity index is 208. The van der Waals surface area contributed by atoms with E-state index in [1.807, 2.05) is 0 Å². The van der Waals surface area contributed by atoms with Gasteiger partial charge in [-0.3, -0.25) is 0 Å². The van der Waals surface area contributed by atoms with Gasteiger partial charge in [0.2, 0.25) is 0 Å². The van der Waals surface area contributed by atoms with Crippen LogP contribution in [0.25, 0.3) is 0 Å². The molecule has 0 saturated carbocycles. The summed E-state index contributed by atoms with van der Waals surface area (Å²) in [7, 11) is 0. The van der Waals surface area contributed by atoms with Gasteiger partial charge in [-0.05, 0) is 5.92 Å². The molecule has 0 fully saturated rings. The molecule has 0 amide bonds. The molecule has 1 radical (unpaired) electrons. The van der Waals surface area contributed by atoms with Crippen LogP contribution in [-0.2, 0) is 32.7 Å². The normalized spacial score (nSPS) is 10.5. The molecule has 1 rings (SSSR count). The van der Waals surface area contributed by atoms with Crippen LogP contribution in [0.4, 0.5) is 0 Å². The molecule has 12 heavy (non-hydrogen) atoms. The Morgan fingerprint density at radius 2 is 1.75 bits per heavy atom. The van der Waals surface area contributed by atoms with Gasteiger partial charge in [0, 0.05) is 32.7 Å². The molecule has 1 aromatic rings. The van der Waals surface area contributed by atoms with Crippen LogP contribution in [0.3, 0.4) is 0 Å². The first-order valence-electron chi connectivity index (χ1n) is 3.99. The van der Waals surface area contributed by atoms with E-state index >= 15 is 0 Å². The van der Waals surface area contributed by atoms with E-state index in [9.17, 15) is 0 Å². The number of nitrogens with zero attached hydrogens (tertiary/aromatic N) is 1. The number of thiazole rings is 1. The number of aromatic nitrogens is 1. The Hall–Kier alpha value is 0.734. The summed E-state index contributed by atoms with van der Waals surface area (Å²) in [5.74, 6) is 1.06. The zero-order valence-electron chi connectivity index (χ0n) is 8.09. The minimum atomic E-state index is 0. The summed E-state index contributed by atoms with van der Waals surface area (Å²) in [6.45, 7) is 8.62. The van der Waals surface area contributed by atoms with Crippen LogP contribution in [0.15, 0.2) is 0 Å². The summed E-state index contributed by atoms with van der Waals surface area (Å²) in [4.78, 5) is 4.47. The second-order valence-electron chi connectivity index (χ2n) is 3.35. The monoisotopic (exact) mass is 257 g/mol. The summed E-state index contributed by atoms with van der Waals surface area (Å²) in [5.41, 5.74) is 1.11. The first kappa shape index (κ1) is 12.7. The fraction of sp³-hybridized carbons (Fsp3) is 0.667. The molecular weight excluding hydrogens is 243 g/mol. The van der Waals surface area contributed by atoms with Crippen molar-refractivity contribution in [1.82, 2.24) is 4.98 Å². The largest absolute Gasteiger partial charge is 0.360 e. The molecule has 0 atom stereocenters. The quantitative estimate of drug-likeness (QED) is 0.741. The van der Waals surface area contributed by atoms with Crippen LogP contribution in [0, 0.1) is 5.38 Å². The minimum Gasteiger partial charge on any atom is -0.360 e. The predicted octanol–water partition coefficient (Wildman–Crippen LogP) is 3.19. The second-order valence-corrected chi connectivity index (χ2v) is 4.18. The third-order valence-electron chi connectivity index (χ3n) is 1.53. The molecule has 3 heteroatoms. The molecule has 0 aliphatic heterocycles. The Morgan fingerprint density at radius 3 is 2.00 bits per heavy atom. The summed E-state index contributed by atoms with van der Waals surface area (Å²) < 4.78 is 0. The van der Waals surface area contributed by atoms with Gasteiger partial charge in [-0.2, -0.15) is 5.38 Å². The van der Waals surface area contributed by atoms with E-state index in [0.717, 1.165) is 5.69 Å². The van der Waals surface area contributed by atoms with Gasteiger partial charge in [-0.15, -0.1) is 0 Å². The Morgan fingerprint density at radius 1 is 1.17 bits per heavy atom. The van der Waals surface area contributed by atoms with Crippen molar-refractivity contribution in [3.8, 4) is 0 Å². The fourth-order valence-electron chi connectivity index (χ4n) is 0.763. The van der Waals surface area contributed by atoms with Crippen molar-refractivity contribution >= 4 is 11.3 Å². The molecule has 1 nitrogen and oxygen atoms in total. The first-order chi connectivity index (χ1) is 5.11. The number of rotatable bonds is 2. The van der Waals surface area contributed by atoms with Gasteiger partial charge in [-0.25, -0.2) is 0 Å². The smallest absolute Gasteiger partial charge is 0 e. The first-order valence-corrected chi connectivity index (χ1v) is 4.81. The summed E-state index contributed by atoms with van der Waals surface area (Å²) in [5, 5.41) is 4.42. The maximum absolute atomic E-state index is 4.47. The molecule has 0 aliphatic rings. The fourth-order valence-corrected chi connectivity index (χ4v) is 1.63. The SMILES string of the molecule is CC(C)c1[c-]sc(C(C)C)n1.[Y]. The molecule has 1 heterocycles. The molecule has 0 N–H and O–H groups in total. The van der Waals surface area contributed by atoms with Crippen molar-refractivity contribution in [3.63, 3.8) is 0 Å². The van der Waals surface area contributed by atoms with Crippen molar-refractivity contribution in [2.75, 3.05) is 0 Å². The Kier molecular flexibility index (Phi) is 5.80. The molecular formula is C9H14NSY-. The van der Waals surface area contributed by atoms with E-state index in [2.05, 4.69) is 38.1 Å². The van der Waals surface area contributed by atoms with Crippen molar-refractivity contribution in [1.29, 1.82) is 0 Å². The topological polar surface area (TPSA) is 12.9 Å². The van der Waals surface area contributed by atoms with Crippen LogP contribution in [0.5, 0.6) is 0 Å². The molecule has 0 spiro atoms. The molecule has 65 valence electrons. The maximum atomic E-state index is 4.47. The number of hydrogen-bond donors (Lipinski definition) is 0. The van der Waals surface area contributed by atoms with Crippen LogP contribution in [0.1, 0.15) is 50.2 Å². The van der Waals surface area contributed by atoms with Crippen molar-refractivity contribution in [2.24, 2.45) is 0 Å². The Balaban J connectivity index is 0.00000121. The van der Waals surface area contributed by atoms with E-state index in [-0.39, 0.29) is 32.7 Å². The molecule has 0 bridgehead atoms. The maximum Gasteiger partial charge on any atom is 0 e. The Labute approximate surface area is 104 Å². The van der Waals surface area contributed by atoms with Gasteiger partial charge in [0.25, 0.3) is 0 Å². The average Bonchev–Trinajstić information content (AvgIpc) is 2.33. The van der Waals surface area contributed by atoms with Crippen LogP contribution in [-0.4, -0.2) is 4.98 Å². The third kappa shape index (κ3) is 3.23. The van der Waals surface area contributed by atoms with Crippen LogP contribution in [0.2, 0.25) is 0 Å². The number of hydrogen-bond acceptors (Lipinski definition) is 2. The van der Waals surface area contributed by atoms with Gasteiger partial charge >= 0.3 is 0 Å². The summed E-state index contributed by atoms with van der Waals surface area (Å²) in [6, 6.07) is 0. The van der Waals surface area contributed by atoms with Crippen LogP contribution >= 0.6 is 11.3 Å². The molecule has 1 aromatic heterocycles. The zero-order chi connectivity index (χ0) is 8.43. The third-order valence-corrected chi connectivity index (χ3v) is 2.61. The van der Waals surface area contributed by atoms with Crippen molar-refractivity contribution < 1.29 is 32.7 Å². The van der Waals surface area contributed by atoms with Gasteiger partial charge in [-0.1, -0.05) is 44.3 Å². The van der Waals surface area contributed by atoms with Gasteiger partial charge < -0.3 is 16.3 Å². The molecule has 0 aromatic carbocycles. The molecule has 0 saturated heterocycles. The van der Waals surface area contributed by atoms with Crippen molar-refractivity contribution in [2.45, 2.75) is 39.5 Å². The zero-order valence-corrected chi connectivity index (χ0v) is 11.7. The van der Waals surface area contributed by atoms with E-state index in [0.29, 0.717) is 11.8 Å². The van der Waals surface area contributed by atoms with E-state index in [1.165, 1.54) is 5.01 Å². The van der Waals surface area contributed by atoms with E-state index in [4.69, 9.17) is 0 Å². The van der Waals surface area contributed by atoms with Gasteiger partial charge in [0.05, 0.1) is 0 Å². The summed E-state index contributed by atoms with van der Waals surface area (Å²) in [6.07, 6.45) is 0. The van der Waals surface area contributed by atoms with Gasteiger partial charge in [0.1, 0.15) is 0 Å². The van der Waals surface area contributed by atoms with Crippen LogP contribution < -0.4 is 0 Å². The van der Waals surface area contributed by atoms with E-state index < -0.39 is 0 Å². The predicted molar refractivity (Wildman–Crippen MR) is 49.1 cm³/mol. The van der Waals surface area contributed by atoms with E-state index in [1.54, 1.807) is 11.3 Å². The van der Waals surface area contributed by atoms with Crippen molar-refractivity contribution in [3.05, 3.63) is 16.1 Å². The average molecular weight is 257 g/mol. The second kappa shape index (κ2) is 5.46. The molecule has 0 unspecified atom stereocenters.